The quantitative estimate of drug-likeness (QED) is 0.496. The van der Waals surface area contributed by atoms with Gasteiger partial charge in [-0.15, -0.1) is 0 Å². The Labute approximate surface area is 161 Å². The van der Waals surface area contributed by atoms with E-state index in [0.717, 1.165) is 50.7 Å². The van der Waals surface area contributed by atoms with Crippen LogP contribution in [-0.2, 0) is 7.05 Å². The summed E-state index contributed by atoms with van der Waals surface area (Å²) < 4.78 is 1.82. The lowest BCUT2D eigenvalue weighted by atomic mass is 10.2. The molecule has 0 fully saturated rings. The number of nitrogens with one attached hydrogen (secondary N) is 2. The van der Waals surface area contributed by atoms with E-state index in [4.69, 9.17) is 9.97 Å². The van der Waals surface area contributed by atoms with Crippen molar-refractivity contribution < 1.29 is 0 Å². The van der Waals surface area contributed by atoms with Crippen LogP contribution in [0.4, 0.5) is 11.5 Å². The van der Waals surface area contributed by atoms with Gasteiger partial charge >= 0.3 is 0 Å². The number of benzene rings is 2. The van der Waals surface area contributed by atoms with Crippen LogP contribution in [0.5, 0.6) is 0 Å². The highest BCUT2D eigenvalue weighted by Crippen LogP contribution is 2.29. The van der Waals surface area contributed by atoms with Gasteiger partial charge in [-0.3, -0.25) is 4.68 Å². The maximum atomic E-state index is 4.81. The molecule has 2 aromatic carbocycles. The highest BCUT2D eigenvalue weighted by molar-refractivity contribution is 5.92. The van der Waals surface area contributed by atoms with Crippen molar-refractivity contribution in [3.63, 3.8) is 0 Å². The summed E-state index contributed by atoms with van der Waals surface area (Å²) >= 11 is 0. The Morgan fingerprint density at radius 3 is 2.61 bits per heavy atom. The molecule has 0 saturated carbocycles. The lowest BCUT2D eigenvalue weighted by Crippen LogP contribution is -2.02. The maximum absolute atomic E-state index is 4.81. The minimum absolute atomic E-state index is 0.670. The Balaban J connectivity index is 1.67. The molecule has 0 unspecified atom stereocenters. The average Bonchev–Trinajstić information content (AvgIpc) is 3.20. The van der Waals surface area contributed by atoms with Crippen LogP contribution in [0.3, 0.4) is 0 Å². The van der Waals surface area contributed by atoms with Crippen LogP contribution < -0.4 is 5.32 Å². The molecule has 0 spiro atoms. The smallest absolute Gasteiger partial charge is 0.162 e. The first-order valence-electron chi connectivity index (χ1n) is 9.08. The summed E-state index contributed by atoms with van der Waals surface area (Å²) in [7, 11) is 1.91. The van der Waals surface area contributed by atoms with Crippen molar-refractivity contribution in [1.29, 1.82) is 0 Å². The van der Waals surface area contributed by atoms with Crippen LogP contribution in [0, 0.1) is 13.8 Å². The normalized spacial score (nSPS) is 11.4. The first kappa shape index (κ1) is 16.4. The van der Waals surface area contributed by atoms with E-state index in [-0.39, 0.29) is 0 Å². The molecule has 0 aliphatic rings. The molecule has 0 bridgehead atoms. The van der Waals surface area contributed by atoms with Crippen molar-refractivity contribution in [1.82, 2.24) is 29.7 Å². The predicted molar refractivity (Wildman–Crippen MR) is 111 cm³/mol. The third kappa shape index (κ3) is 2.68. The molecule has 0 amide bonds. The molecular weight excluding hydrogens is 350 g/mol. The zero-order valence-corrected chi connectivity index (χ0v) is 15.9. The number of imidazole rings is 1. The van der Waals surface area contributed by atoms with Gasteiger partial charge in [0.05, 0.1) is 16.7 Å². The SMILES string of the molecule is Cc1nc2cc(Nc3nc(-c4ccccc4)nc4c(C)nn(C)c34)ccc2[nH]1. The number of aromatic nitrogens is 6. The van der Waals surface area contributed by atoms with Gasteiger partial charge in [0.1, 0.15) is 16.9 Å². The fourth-order valence-electron chi connectivity index (χ4n) is 3.49. The molecule has 28 heavy (non-hydrogen) atoms. The number of fused-ring (bicyclic) bond motifs is 2. The Morgan fingerprint density at radius 2 is 1.79 bits per heavy atom. The van der Waals surface area contributed by atoms with Crippen molar-refractivity contribution in [2.24, 2.45) is 7.05 Å². The number of aryl methyl sites for hydroxylation is 3. The second-order valence-electron chi connectivity index (χ2n) is 6.85. The first-order chi connectivity index (χ1) is 13.6. The zero-order valence-electron chi connectivity index (χ0n) is 15.9. The standard InChI is InChI=1S/C21H19N7/c1-12-18-19(28(3)27-12)21(26-20(25-18)14-7-5-4-6-8-14)24-15-9-10-16-17(11-15)23-13(2)22-16/h4-11H,1-3H3,(H,22,23)(H,24,25,26). The van der Waals surface area contributed by atoms with Gasteiger partial charge in [0.15, 0.2) is 11.6 Å². The van der Waals surface area contributed by atoms with E-state index in [0.29, 0.717) is 5.82 Å². The third-order valence-electron chi connectivity index (χ3n) is 4.75. The lowest BCUT2D eigenvalue weighted by molar-refractivity contribution is 0.783. The summed E-state index contributed by atoms with van der Waals surface area (Å²) in [5.41, 5.74) is 6.39. The minimum atomic E-state index is 0.670. The molecule has 2 N–H and O–H groups in total. The fraction of sp³-hybridized carbons (Fsp3) is 0.143. The molecule has 0 aliphatic heterocycles. The van der Waals surface area contributed by atoms with E-state index in [2.05, 4.69) is 20.4 Å². The van der Waals surface area contributed by atoms with Crippen LogP contribution in [0.25, 0.3) is 33.5 Å². The molecule has 0 aliphatic carbocycles. The third-order valence-corrected chi connectivity index (χ3v) is 4.75. The molecule has 5 aromatic rings. The molecule has 7 nitrogen and oxygen atoms in total. The summed E-state index contributed by atoms with van der Waals surface area (Å²) in [4.78, 5) is 17.3. The number of H-pyrrole nitrogens is 1. The molecule has 3 aromatic heterocycles. The first-order valence-corrected chi connectivity index (χ1v) is 9.08. The van der Waals surface area contributed by atoms with Crippen molar-refractivity contribution in [3.8, 4) is 11.4 Å². The van der Waals surface area contributed by atoms with Gasteiger partial charge in [-0.25, -0.2) is 15.0 Å². The molecule has 3 heterocycles. The number of nitrogens with zero attached hydrogens (tertiary/aromatic N) is 5. The second kappa shape index (κ2) is 6.16. The van der Waals surface area contributed by atoms with E-state index in [1.807, 2.05) is 74.1 Å². The van der Waals surface area contributed by atoms with Gasteiger partial charge in [0, 0.05) is 18.3 Å². The highest BCUT2D eigenvalue weighted by atomic mass is 15.3. The van der Waals surface area contributed by atoms with E-state index in [9.17, 15) is 0 Å². The molecule has 0 atom stereocenters. The predicted octanol–water partition coefficient (Wildman–Crippen LogP) is 4.27. The van der Waals surface area contributed by atoms with Gasteiger partial charge < -0.3 is 10.3 Å². The van der Waals surface area contributed by atoms with E-state index in [1.165, 1.54) is 0 Å². The van der Waals surface area contributed by atoms with Crippen LogP contribution >= 0.6 is 0 Å². The number of rotatable bonds is 3. The highest BCUT2D eigenvalue weighted by Gasteiger charge is 2.16. The van der Waals surface area contributed by atoms with Crippen LogP contribution in [0.15, 0.2) is 48.5 Å². The summed E-state index contributed by atoms with van der Waals surface area (Å²) in [5, 5.41) is 7.98. The monoisotopic (exact) mass is 369 g/mol. The van der Waals surface area contributed by atoms with Crippen molar-refractivity contribution >= 4 is 33.6 Å². The summed E-state index contributed by atoms with van der Waals surface area (Å²) in [5.74, 6) is 2.28. The molecular formula is C21H19N7. The van der Waals surface area contributed by atoms with Gasteiger partial charge in [-0.1, -0.05) is 30.3 Å². The van der Waals surface area contributed by atoms with Gasteiger partial charge in [0.2, 0.25) is 0 Å². The molecule has 0 saturated heterocycles. The lowest BCUT2D eigenvalue weighted by Gasteiger charge is -2.10. The fourth-order valence-corrected chi connectivity index (χ4v) is 3.49. The molecule has 7 heteroatoms. The molecule has 5 rings (SSSR count). The minimum Gasteiger partial charge on any atom is -0.342 e. The summed E-state index contributed by atoms with van der Waals surface area (Å²) in [6.07, 6.45) is 0. The Morgan fingerprint density at radius 1 is 0.964 bits per heavy atom. The topological polar surface area (TPSA) is 84.3 Å². The van der Waals surface area contributed by atoms with Crippen LogP contribution in [-0.4, -0.2) is 29.7 Å². The number of anilines is 2. The van der Waals surface area contributed by atoms with Gasteiger partial charge in [-0.05, 0) is 32.0 Å². The largest absolute Gasteiger partial charge is 0.342 e. The summed E-state index contributed by atoms with van der Waals surface area (Å²) in [6, 6.07) is 16.0. The molecule has 138 valence electrons. The van der Waals surface area contributed by atoms with E-state index in [1.54, 1.807) is 0 Å². The van der Waals surface area contributed by atoms with E-state index >= 15 is 0 Å². The van der Waals surface area contributed by atoms with Gasteiger partial charge in [0.25, 0.3) is 0 Å². The Bertz CT molecular complexity index is 1320. The maximum Gasteiger partial charge on any atom is 0.162 e. The number of hydrogen-bond acceptors (Lipinski definition) is 5. The molecule has 0 radical (unpaired) electrons. The van der Waals surface area contributed by atoms with Gasteiger partial charge in [-0.2, -0.15) is 5.10 Å². The van der Waals surface area contributed by atoms with Crippen LogP contribution in [0.2, 0.25) is 0 Å². The number of hydrogen-bond donors (Lipinski definition) is 2. The second-order valence-corrected chi connectivity index (χ2v) is 6.85. The van der Waals surface area contributed by atoms with E-state index < -0.39 is 0 Å². The average molecular weight is 369 g/mol. The van der Waals surface area contributed by atoms with Crippen LogP contribution in [0.1, 0.15) is 11.5 Å². The summed E-state index contributed by atoms with van der Waals surface area (Å²) in [6.45, 7) is 3.91. The Kier molecular flexibility index (Phi) is 3.61. The van der Waals surface area contributed by atoms with Crippen molar-refractivity contribution in [3.05, 3.63) is 60.0 Å². The zero-order chi connectivity index (χ0) is 19.3. The van der Waals surface area contributed by atoms with Crippen molar-refractivity contribution in [2.75, 3.05) is 5.32 Å². The van der Waals surface area contributed by atoms with Crippen molar-refractivity contribution in [2.45, 2.75) is 13.8 Å². The number of aromatic amines is 1. The Hall–Kier alpha value is -3.74.